The fourth-order valence-corrected chi connectivity index (χ4v) is 3.43. The van der Waals surface area contributed by atoms with E-state index in [0.717, 1.165) is 26.1 Å². The van der Waals surface area contributed by atoms with Gasteiger partial charge in [0, 0.05) is 30.1 Å². The van der Waals surface area contributed by atoms with Crippen LogP contribution in [0.15, 0.2) is 17.5 Å². The predicted octanol–water partition coefficient (Wildman–Crippen LogP) is 2.89. The molecule has 1 aliphatic rings. The lowest BCUT2D eigenvalue weighted by atomic mass is 10.0. The zero-order valence-electron chi connectivity index (χ0n) is 11.1. The maximum Gasteiger partial charge on any atom is 0.0598 e. The molecule has 0 radical (unpaired) electrons. The number of hydrogen-bond donors (Lipinski definition) is 1. The van der Waals surface area contributed by atoms with Crippen molar-refractivity contribution in [2.24, 2.45) is 0 Å². The fourth-order valence-electron chi connectivity index (χ4n) is 2.56. The van der Waals surface area contributed by atoms with Crippen LogP contribution in [0.4, 0.5) is 0 Å². The van der Waals surface area contributed by atoms with Crippen LogP contribution in [-0.4, -0.2) is 30.6 Å². The molecule has 2 heterocycles. The summed E-state index contributed by atoms with van der Waals surface area (Å²) in [5, 5.41) is 5.96. The first-order valence-corrected chi connectivity index (χ1v) is 7.66. The molecule has 3 heteroatoms. The summed E-state index contributed by atoms with van der Waals surface area (Å²) in [6.45, 7) is 5.31. The summed E-state index contributed by atoms with van der Waals surface area (Å²) in [6.07, 6.45) is 8.94. The van der Waals surface area contributed by atoms with Gasteiger partial charge < -0.3 is 5.32 Å². The highest BCUT2D eigenvalue weighted by Gasteiger charge is 2.21. The first kappa shape index (κ1) is 13.6. The first-order valence-electron chi connectivity index (χ1n) is 6.78. The molecule has 1 aromatic rings. The molecule has 1 atom stereocenters. The standard InChI is InChI=1S/C15H22N2S/c1-3-9-17-10-7-13(8-11-17)16-14(4-2)15-6-5-12-18-15/h1,5-6,12-14,16H,4,7-11H2,2H3. The Hall–Kier alpha value is -0.820. The van der Waals surface area contributed by atoms with Gasteiger partial charge in [-0.05, 0) is 30.7 Å². The molecule has 0 aliphatic carbocycles. The summed E-state index contributed by atoms with van der Waals surface area (Å²) >= 11 is 1.85. The summed E-state index contributed by atoms with van der Waals surface area (Å²) < 4.78 is 0. The third-order valence-electron chi connectivity index (χ3n) is 3.63. The summed E-state index contributed by atoms with van der Waals surface area (Å²) in [6, 6.07) is 5.54. The Morgan fingerprint density at radius 2 is 2.33 bits per heavy atom. The van der Waals surface area contributed by atoms with Crippen molar-refractivity contribution < 1.29 is 0 Å². The molecule has 0 amide bonds. The minimum atomic E-state index is 0.522. The molecule has 0 spiro atoms. The molecule has 1 saturated heterocycles. The lowest BCUT2D eigenvalue weighted by Crippen LogP contribution is -2.43. The number of terminal acetylenes is 1. The highest BCUT2D eigenvalue weighted by atomic mass is 32.1. The number of nitrogens with zero attached hydrogens (tertiary/aromatic N) is 1. The van der Waals surface area contributed by atoms with Gasteiger partial charge in [-0.15, -0.1) is 17.8 Å². The van der Waals surface area contributed by atoms with Gasteiger partial charge in [0.2, 0.25) is 0 Å². The minimum absolute atomic E-state index is 0.522. The molecule has 2 rings (SSSR count). The Balaban J connectivity index is 1.82. The van der Waals surface area contributed by atoms with Crippen molar-refractivity contribution in [3.63, 3.8) is 0 Å². The zero-order chi connectivity index (χ0) is 12.8. The van der Waals surface area contributed by atoms with Crippen LogP contribution in [-0.2, 0) is 0 Å². The molecule has 1 aromatic heterocycles. The molecule has 98 valence electrons. The lowest BCUT2D eigenvalue weighted by Gasteiger charge is -2.33. The lowest BCUT2D eigenvalue weighted by molar-refractivity contribution is 0.209. The molecule has 1 unspecified atom stereocenters. The van der Waals surface area contributed by atoms with Crippen LogP contribution in [0.2, 0.25) is 0 Å². The Labute approximate surface area is 114 Å². The number of nitrogens with one attached hydrogen (secondary N) is 1. The second-order valence-electron chi connectivity index (χ2n) is 4.90. The van der Waals surface area contributed by atoms with E-state index in [2.05, 4.69) is 40.6 Å². The van der Waals surface area contributed by atoms with E-state index in [0.29, 0.717) is 12.1 Å². The Morgan fingerprint density at radius 3 is 2.89 bits per heavy atom. The van der Waals surface area contributed by atoms with Crippen LogP contribution in [0, 0.1) is 12.3 Å². The van der Waals surface area contributed by atoms with Crippen molar-refractivity contribution >= 4 is 11.3 Å². The molecule has 0 aromatic carbocycles. The van der Waals surface area contributed by atoms with E-state index < -0.39 is 0 Å². The third-order valence-corrected chi connectivity index (χ3v) is 4.62. The van der Waals surface area contributed by atoms with E-state index in [-0.39, 0.29) is 0 Å². The van der Waals surface area contributed by atoms with Gasteiger partial charge in [0.1, 0.15) is 0 Å². The number of likely N-dealkylation sites (tertiary alicyclic amines) is 1. The zero-order valence-corrected chi connectivity index (χ0v) is 11.9. The minimum Gasteiger partial charge on any atom is -0.306 e. The molecule has 1 N–H and O–H groups in total. The molecule has 2 nitrogen and oxygen atoms in total. The smallest absolute Gasteiger partial charge is 0.0598 e. The molecule has 1 aliphatic heterocycles. The van der Waals surface area contributed by atoms with Crippen molar-refractivity contribution in [1.82, 2.24) is 10.2 Å². The highest BCUT2D eigenvalue weighted by molar-refractivity contribution is 7.10. The van der Waals surface area contributed by atoms with Gasteiger partial charge in [0.05, 0.1) is 6.54 Å². The Kier molecular flexibility index (Phi) is 5.25. The number of hydrogen-bond acceptors (Lipinski definition) is 3. The summed E-state index contributed by atoms with van der Waals surface area (Å²) in [5.41, 5.74) is 0. The van der Waals surface area contributed by atoms with E-state index in [1.54, 1.807) is 0 Å². The van der Waals surface area contributed by atoms with Gasteiger partial charge in [0.15, 0.2) is 0 Å². The topological polar surface area (TPSA) is 15.3 Å². The van der Waals surface area contributed by atoms with E-state index in [1.165, 1.54) is 17.7 Å². The van der Waals surface area contributed by atoms with Crippen LogP contribution in [0.25, 0.3) is 0 Å². The molecule has 1 fully saturated rings. The van der Waals surface area contributed by atoms with Crippen molar-refractivity contribution in [2.75, 3.05) is 19.6 Å². The summed E-state index contributed by atoms with van der Waals surface area (Å²) in [4.78, 5) is 3.83. The fraction of sp³-hybridized carbons (Fsp3) is 0.600. The van der Waals surface area contributed by atoms with Crippen LogP contribution in [0.5, 0.6) is 0 Å². The normalized spacial score (nSPS) is 19.6. The SMILES string of the molecule is C#CCN1CCC(NC(CC)c2cccs2)CC1. The van der Waals surface area contributed by atoms with Gasteiger partial charge >= 0.3 is 0 Å². The van der Waals surface area contributed by atoms with Crippen LogP contribution < -0.4 is 5.32 Å². The monoisotopic (exact) mass is 262 g/mol. The molecule has 18 heavy (non-hydrogen) atoms. The predicted molar refractivity (Wildman–Crippen MR) is 78.8 cm³/mol. The van der Waals surface area contributed by atoms with Gasteiger partial charge in [-0.25, -0.2) is 0 Å². The number of rotatable bonds is 5. The third kappa shape index (κ3) is 3.58. The number of piperidine rings is 1. The van der Waals surface area contributed by atoms with Gasteiger partial charge in [-0.3, -0.25) is 4.90 Å². The second-order valence-corrected chi connectivity index (χ2v) is 5.88. The van der Waals surface area contributed by atoms with Crippen molar-refractivity contribution in [3.05, 3.63) is 22.4 Å². The average Bonchev–Trinajstić information content (AvgIpc) is 2.92. The van der Waals surface area contributed by atoms with Crippen LogP contribution in [0.3, 0.4) is 0 Å². The summed E-state index contributed by atoms with van der Waals surface area (Å²) in [5.74, 6) is 2.73. The van der Waals surface area contributed by atoms with E-state index >= 15 is 0 Å². The molecular weight excluding hydrogens is 240 g/mol. The molecule has 0 saturated carbocycles. The number of thiophene rings is 1. The van der Waals surface area contributed by atoms with Gasteiger partial charge in [-0.2, -0.15) is 0 Å². The van der Waals surface area contributed by atoms with E-state index in [4.69, 9.17) is 6.42 Å². The molecular formula is C15H22N2S. The highest BCUT2D eigenvalue weighted by Crippen LogP contribution is 2.24. The van der Waals surface area contributed by atoms with Crippen LogP contribution >= 0.6 is 11.3 Å². The van der Waals surface area contributed by atoms with Gasteiger partial charge in [0.25, 0.3) is 0 Å². The van der Waals surface area contributed by atoms with E-state index in [1.807, 2.05) is 11.3 Å². The largest absolute Gasteiger partial charge is 0.306 e. The average molecular weight is 262 g/mol. The maximum absolute atomic E-state index is 5.35. The quantitative estimate of drug-likeness (QED) is 0.821. The van der Waals surface area contributed by atoms with Gasteiger partial charge in [-0.1, -0.05) is 18.9 Å². The summed E-state index contributed by atoms with van der Waals surface area (Å²) in [7, 11) is 0. The molecule has 0 bridgehead atoms. The van der Waals surface area contributed by atoms with E-state index in [9.17, 15) is 0 Å². The first-order chi connectivity index (χ1) is 8.83. The van der Waals surface area contributed by atoms with Crippen molar-refractivity contribution in [2.45, 2.75) is 38.3 Å². The Morgan fingerprint density at radius 1 is 1.56 bits per heavy atom. The maximum atomic E-state index is 5.35. The van der Waals surface area contributed by atoms with Crippen LogP contribution in [0.1, 0.15) is 37.1 Å². The van der Waals surface area contributed by atoms with Crippen molar-refractivity contribution in [1.29, 1.82) is 0 Å². The Bertz CT molecular complexity index is 372. The van der Waals surface area contributed by atoms with Crippen molar-refractivity contribution in [3.8, 4) is 12.3 Å². The second kappa shape index (κ2) is 6.94.